The molecule has 0 bridgehead atoms. The zero-order valence-electron chi connectivity index (χ0n) is 66.3. The van der Waals surface area contributed by atoms with Crippen LogP contribution in [0.3, 0.4) is 0 Å². The Bertz CT molecular complexity index is 6520. The second-order valence-corrected chi connectivity index (χ2v) is 30.6. The molecule has 0 N–H and O–H groups in total. The predicted octanol–water partition coefficient (Wildman–Crippen LogP) is 28.9. The Morgan fingerprint density at radius 3 is 0.802 bits per heavy atom. The van der Waals surface area contributed by atoms with Crippen molar-refractivity contribution in [2.45, 2.75) is 55.4 Å². The van der Waals surface area contributed by atoms with Crippen molar-refractivity contribution in [3.05, 3.63) is 409 Å². The highest BCUT2D eigenvalue weighted by atomic mass is 14.8. The molecule has 12 aromatic carbocycles. The maximum atomic E-state index is 5.26. The average Bonchev–Trinajstić information content (AvgIpc) is 0.758. The van der Waals surface area contributed by atoms with E-state index in [-0.39, 0.29) is 0 Å². The molecule has 18 aromatic rings. The zero-order chi connectivity index (χ0) is 78.9. The Morgan fingerprint density at radius 1 is 0.155 bits per heavy atom. The maximum Gasteiger partial charge on any atom is 0.0886 e. The summed E-state index contributed by atoms with van der Waals surface area (Å²) in [4.78, 5) is 29.3. The van der Waals surface area contributed by atoms with E-state index in [0.29, 0.717) is 0 Å². The molecule has 6 heteroatoms. The van der Waals surface area contributed by atoms with Gasteiger partial charge in [0, 0.05) is 70.6 Å². The van der Waals surface area contributed by atoms with Crippen LogP contribution in [0.4, 0.5) is 0 Å². The molecule has 18 rings (SSSR count). The Balaban J connectivity index is 0.720. The minimum Gasteiger partial charge on any atom is -0.256 e. The predicted molar refractivity (Wildman–Crippen MR) is 484 cm³/mol. The van der Waals surface area contributed by atoms with E-state index in [1.165, 1.54) is 83.5 Å². The van der Waals surface area contributed by atoms with E-state index < -0.39 is 0 Å². The number of benzene rings is 12. The van der Waals surface area contributed by atoms with Gasteiger partial charge in [0.15, 0.2) is 0 Å². The fourth-order valence-electron chi connectivity index (χ4n) is 16.8. The van der Waals surface area contributed by atoms with Gasteiger partial charge in [0.2, 0.25) is 0 Å². The number of hydrogen-bond donors (Lipinski definition) is 0. The van der Waals surface area contributed by atoms with Crippen molar-refractivity contribution < 1.29 is 0 Å². The molecule has 6 aromatic heterocycles. The monoisotopic (exact) mass is 1490 g/mol. The second kappa shape index (κ2) is 31.6. The van der Waals surface area contributed by atoms with Crippen LogP contribution in [0.15, 0.2) is 365 Å². The minimum atomic E-state index is 0.782. The molecule has 0 aliphatic carbocycles. The molecular weight excluding hydrogens is 1410 g/mol. The van der Waals surface area contributed by atoms with Crippen LogP contribution in [0.1, 0.15) is 44.5 Å². The summed E-state index contributed by atoms with van der Waals surface area (Å²) in [5.74, 6) is 0. The van der Waals surface area contributed by atoms with Gasteiger partial charge in [-0.2, -0.15) is 0 Å². The molecule has 0 saturated heterocycles. The Hall–Kier alpha value is -14.5. The lowest BCUT2D eigenvalue weighted by atomic mass is 9.83. The highest BCUT2D eigenvalue weighted by Crippen LogP contribution is 2.49. The van der Waals surface area contributed by atoms with Crippen LogP contribution in [0.5, 0.6) is 0 Å². The van der Waals surface area contributed by atoms with E-state index in [0.717, 1.165) is 151 Å². The quantitative estimate of drug-likeness (QED) is 0.0904. The van der Waals surface area contributed by atoms with Crippen molar-refractivity contribution in [1.82, 2.24) is 29.9 Å². The van der Waals surface area contributed by atoms with Gasteiger partial charge in [-0.05, 0) is 308 Å². The fraction of sp³-hybridized carbons (Fsp3) is 0.0727. The third-order valence-corrected chi connectivity index (χ3v) is 22.9. The van der Waals surface area contributed by atoms with E-state index in [1.807, 2.05) is 85.7 Å². The number of rotatable bonds is 17. The van der Waals surface area contributed by atoms with E-state index in [4.69, 9.17) is 9.97 Å². The van der Waals surface area contributed by atoms with Gasteiger partial charge in [0.05, 0.1) is 34.2 Å². The maximum absolute atomic E-state index is 5.26. The number of nitrogens with zero attached hydrogens (tertiary/aromatic N) is 6. The molecule has 0 unspecified atom stereocenters. The first-order valence-electron chi connectivity index (χ1n) is 39.7. The van der Waals surface area contributed by atoms with Gasteiger partial charge in [0.1, 0.15) is 0 Å². The van der Waals surface area contributed by atoms with E-state index in [1.54, 1.807) is 0 Å². The Morgan fingerprint density at radius 2 is 0.448 bits per heavy atom. The van der Waals surface area contributed by atoms with Crippen LogP contribution < -0.4 is 0 Å². The molecule has 0 saturated carbocycles. The van der Waals surface area contributed by atoms with Crippen LogP contribution in [-0.4, -0.2) is 29.9 Å². The van der Waals surface area contributed by atoms with Crippen LogP contribution >= 0.6 is 0 Å². The SMILES string of the molecule is Cc1cc(C)c(-c2cc(-c3ccccc3-c3ccc(-c4ccc(-c5ccccc5-c5cc(-c6cc(C)c(C)cc6-c6ccc(-c7ccccn7)cc6)cc(-c6c(-c7ccc(-c8ccccn8)cc7)ccc(C)c6C)c5)cn4)nc3)cc(-c3c(C)cc(C)cc3-c3ccc(-c4ccccn4)cc3)c2)c(-c2ccc(-c3ccccn3)cc2)c1. The smallest absolute Gasteiger partial charge is 0.0886 e. The molecule has 0 amide bonds. The van der Waals surface area contributed by atoms with E-state index >= 15 is 0 Å². The highest BCUT2D eigenvalue weighted by Gasteiger charge is 2.24. The summed E-state index contributed by atoms with van der Waals surface area (Å²) in [6.45, 7) is 17.8. The molecule has 0 fully saturated rings. The lowest BCUT2D eigenvalue weighted by Gasteiger charge is -2.21. The van der Waals surface area contributed by atoms with Crippen LogP contribution in [0.2, 0.25) is 0 Å². The van der Waals surface area contributed by atoms with E-state index in [9.17, 15) is 0 Å². The standard InChI is InChI=1S/C110H84N6/c1-69-55-74(6)108(100(57-69)79-34-42-83(43-35-79)104-27-15-19-53-113-104)90-62-88(63-91(66-90)109-75(7)56-70(2)58-101(109)80-36-44-84(45-37-80)105-28-16-20-54-114-105)96-24-12-10-22-94(96)86-47-50-107(116-68-86)106-49-46-85(67-115-106)93-21-9-11-23-95(93)87-61-89(99-60-73(5)72(4)59-98(99)78-32-40-82(41-33-78)103-26-14-18-52-112-103)65-92(64-87)110-76(8)71(3)29-48-97(110)77-30-38-81(39-31-77)102-25-13-17-51-111-102/h9-68H,1-8H3. The summed E-state index contributed by atoms with van der Waals surface area (Å²) in [7, 11) is 0. The van der Waals surface area contributed by atoms with E-state index in [2.05, 4.69) is 354 Å². The van der Waals surface area contributed by atoms with Gasteiger partial charge < -0.3 is 0 Å². The summed E-state index contributed by atoms with van der Waals surface area (Å²) in [6, 6.07) is 119. The number of pyridine rings is 6. The summed E-state index contributed by atoms with van der Waals surface area (Å²) in [5, 5.41) is 0. The van der Waals surface area contributed by atoms with Crippen molar-refractivity contribution in [3.8, 4) is 190 Å². The van der Waals surface area contributed by atoms with Crippen molar-refractivity contribution >= 4 is 0 Å². The van der Waals surface area contributed by atoms with Gasteiger partial charge in [-0.15, -0.1) is 0 Å². The molecular formula is C110H84N6. The topological polar surface area (TPSA) is 77.3 Å². The largest absolute Gasteiger partial charge is 0.256 e. The van der Waals surface area contributed by atoms with Gasteiger partial charge >= 0.3 is 0 Å². The molecule has 0 radical (unpaired) electrons. The van der Waals surface area contributed by atoms with Gasteiger partial charge in [-0.3, -0.25) is 29.9 Å². The first-order chi connectivity index (χ1) is 56.8. The van der Waals surface area contributed by atoms with Gasteiger partial charge in [0.25, 0.3) is 0 Å². The van der Waals surface area contributed by atoms with Gasteiger partial charge in [-0.25, -0.2) is 0 Å². The number of aryl methyl sites for hydroxylation is 7. The summed E-state index contributed by atoms with van der Waals surface area (Å²) in [5.41, 5.74) is 46.4. The van der Waals surface area contributed by atoms with Crippen LogP contribution in [0, 0.1) is 55.4 Å². The minimum absolute atomic E-state index is 0.782. The third-order valence-electron chi connectivity index (χ3n) is 22.9. The molecule has 116 heavy (non-hydrogen) atoms. The molecule has 554 valence electrons. The first-order valence-corrected chi connectivity index (χ1v) is 39.7. The summed E-state index contributed by atoms with van der Waals surface area (Å²) >= 11 is 0. The average molecular weight is 1490 g/mol. The first kappa shape index (κ1) is 73.0. The molecule has 6 heterocycles. The summed E-state index contributed by atoms with van der Waals surface area (Å²) < 4.78 is 0. The van der Waals surface area contributed by atoms with Crippen molar-refractivity contribution in [1.29, 1.82) is 0 Å². The molecule has 0 aliphatic rings. The number of hydrogen-bond acceptors (Lipinski definition) is 6. The highest BCUT2D eigenvalue weighted by molar-refractivity contribution is 5.99. The molecule has 6 nitrogen and oxygen atoms in total. The summed E-state index contributed by atoms with van der Waals surface area (Å²) in [6.07, 6.45) is 11.4. The molecule has 0 atom stereocenters. The lowest BCUT2D eigenvalue weighted by Crippen LogP contribution is -1.96. The normalized spacial score (nSPS) is 11.3. The lowest BCUT2D eigenvalue weighted by molar-refractivity contribution is 1.25. The number of aromatic nitrogens is 6. The molecule has 0 aliphatic heterocycles. The van der Waals surface area contributed by atoms with Crippen molar-refractivity contribution in [2.24, 2.45) is 0 Å². The second-order valence-electron chi connectivity index (χ2n) is 30.6. The Kier molecular flexibility index (Phi) is 19.9. The fourth-order valence-corrected chi connectivity index (χ4v) is 16.8. The third kappa shape index (κ3) is 14.7. The van der Waals surface area contributed by atoms with Crippen molar-refractivity contribution in [2.75, 3.05) is 0 Å². The molecule has 0 spiro atoms. The Labute approximate surface area is 680 Å². The van der Waals surface area contributed by atoms with Crippen LogP contribution in [-0.2, 0) is 0 Å². The van der Waals surface area contributed by atoms with Gasteiger partial charge in [-0.1, -0.05) is 242 Å². The zero-order valence-corrected chi connectivity index (χ0v) is 66.3. The van der Waals surface area contributed by atoms with Crippen molar-refractivity contribution in [3.63, 3.8) is 0 Å². The van der Waals surface area contributed by atoms with Crippen LogP contribution in [0.25, 0.3) is 190 Å².